The van der Waals surface area contributed by atoms with Crippen LogP contribution in [0.1, 0.15) is 32.6 Å². The van der Waals surface area contributed by atoms with Crippen LogP contribution in [0.2, 0.25) is 0 Å². The first-order valence-electron chi connectivity index (χ1n) is 6.94. The lowest BCUT2D eigenvalue weighted by molar-refractivity contribution is 0.127. The maximum absolute atomic E-state index is 11.5. The van der Waals surface area contributed by atoms with Gasteiger partial charge >= 0.3 is 7.82 Å². The first-order valence-corrected chi connectivity index (χ1v) is 8.43. The van der Waals surface area contributed by atoms with Crippen LogP contribution >= 0.6 is 7.82 Å². The Labute approximate surface area is 120 Å². The van der Waals surface area contributed by atoms with Crippen molar-refractivity contribution in [2.75, 3.05) is 19.8 Å². The Balaban J connectivity index is 2.08. The van der Waals surface area contributed by atoms with Crippen LogP contribution in [-0.4, -0.2) is 24.7 Å². The van der Waals surface area contributed by atoms with Gasteiger partial charge < -0.3 is 9.63 Å². The normalized spacial score (nSPS) is 13.9. The molecule has 1 aromatic carbocycles. The summed E-state index contributed by atoms with van der Waals surface area (Å²) >= 11 is 0. The van der Waals surface area contributed by atoms with Gasteiger partial charge in [0, 0.05) is 0 Å². The van der Waals surface area contributed by atoms with Crippen molar-refractivity contribution in [2.45, 2.75) is 32.6 Å². The van der Waals surface area contributed by atoms with E-state index in [1.807, 2.05) is 30.3 Å². The number of ether oxygens (including phenoxy) is 1. The second kappa shape index (κ2) is 9.94. The predicted octanol–water partition coefficient (Wildman–Crippen LogP) is 3.78. The summed E-state index contributed by atoms with van der Waals surface area (Å²) in [5, 5.41) is 0. The molecular weight excluding hydrogens is 279 g/mol. The first-order chi connectivity index (χ1) is 9.64. The van der Waals surface area contributed by atoms with Crippen molar-refractivity contribution in [3.63, 3.8) is 0 Å². The van der Waals surface area contributed by atoms with Crippen LogP contribution in [0.3, 0.4) is 0 Å². The van der Waals surface area contributed by atoms with Crippen molar-refractivity contribution in [3.8, 4) is 5.75 Å². The van der Waals surface area contributed by atoms with Gasteiger partial charge in [0.1, 0.15) is 12.4 Å². The number of hydrogen-bond acceptors (Lipinski definition) is 4. The van der Waals surface area contributed by atoms with Crippen LogP contribution in [0.5, 0.6) is 5.75 Å². The highest BCUT2D eigenvalue weighted by Gasteiger charge is 2.20. The lowest BCUT2D eigenvalue weighted by Crippen LogP contribution is -2.07. The topological polar surface area (TPSA) is 65.0 Å². The van der Waals surface area contributed by atoms with Crippen molar-refractivity contribution < 1.29 is 23.2 Å². The Morgan fingerprint density at radius 2 is 1.70 bits per heavy atom. The molecule has 20 heavy (non-hydrogen) atoms. The standard InChI is InChI=1S/C14H23O5P/c1-2-3-4-8-11-18-20(15,16)19-13-12-17-14-9-6-5-7-10-14/h5-7,9-10H,2-4,8,11-13H2,1H3,(H,15,16). The Bertz CT molecular complexity index is 396. The van der Waals surface area contributed by atoms with Gasteiger partial charge in [0.2, 0.25) is 0 Å². The SMILES string of the molecule is CCCCCCOP(=O)(O)OCCOc1ccccc1. The van der Waals surface area contributed by atoms with Crippen LogP contribution in [0.15, 0.2) is 30.3 Å². The van der Waals surface area contributed by atoms with E-state index in [1.165, 1.54) is 0 Å². The predicted molar refractivity (Wildman–Crippen MR) is 77.8 cm³/mol. The van der Waals surface area contributed by atoms with Crippen molar-refractivity contribution in [1.82, 2.24) is 0 Å². The fourth-order valence-corrected chi connectivity index (χ4v) is 2.31. The maximum atomic E-state index is 11.5. The third-order valence-electron chi connectivity index (χ3n) is 2.60. The van der Waals surface area contributed by atoms with E-state index in [0.717, 1.165) is 25.7 Å². The highest BCUT2D eigenvalue weighted by molar-refractivity contribution is 7.47. The summed E-state index contributed by atoms with van der Waals surface area (Å²) in [6.45, 7) is 2.56. The second-order valence-electron chi connectivity index (χ2n) is 4.36. The summed E-state index contributed by atoms with van der Waals surface area (Å²) in [6, 6.07) is 9.21. The largest absolute Gasteiger partial charge is 0.491 e. The van der Waals surface area contributed by atoms with Crippen LogP contribution in [0, 0.1) is 0 Å². The molecule has 0 spiro atoms. The molecule has 0 aromatic heterocycles. The van der Waals surface area contributed by atoms with Gasteiger partial charge in [0.25, 0.3) is 0 Å². The Morgan fingerprint density at radius 1 is 1.00 bits per heavy atom. The molecular formula is C14H23O5P. The fourth-order valence-electron chi connectivity index (χ4n) is 1.57. The van der Waals surface area contributed by atoms with Crippen molar-refractivity contribution in [1.29, 1.82) is 0 Å². The molecule has 1 rings (SSSR count). The van der Waals surface area contributed by atoms with Crippen LogP contribution in [0.4, 0.5) is 0 Å². The van der Waals surface area contributed by atoms with E-state index in [-0.39, 0.29) is 19.8 Å². The molecule has 1 atom stereocenters. The molecule has 0 saturated heterocycles. The highest BCUT2D eigenvalue weighted by atomic mass is 31.2. The van der Waals surface area contributed by atoms with Crippen LogP contribution in [0.25, 0.3) is 0 Å². The summed E-state index contributed by atoms with van der Waals surface area (Å²) in [6.07, 6.45) is 3.98. The summed E-state index contributed by atoms with van der Waals surface area (Å²) in [7, 11) is -3.94. The van der Waals surface area contributed by atoms with E-state index >= 15 is 0 Å². The summed E-state index contributed by atoms with van der Waals surface area (Å²) < 4.78 is 26.5. The van der Waals surface area contributed by atoms with Crippen LogP contribution < -0.4 is 4.74 Å². The van der Waals surface area contributed by atoms with Gasteiger partial charge in [0.05, 0.1) is 13.2 Å². The van der Waals surface area contributed by atoms with E-state index in [4.69, 9.17) is 13.8 Å². The molecule has 0 bridgehead atoms. The molecule has 1 aromatic rings. The highest BCUT2D eigenvalue weighted by Crippen LogP contribution is 2.43. The Hall–Kier alpha value is -0.870. The lowest BCUT2D eigenvalue weighted by Gasteiger charge is -2.12. The zero-order chi connectivity index (χ0) is 14.7. The van der Waals surface area contributed by atoms with E-state index in [2.05, 4.69) is 6.92 Å². The van der Waals surface area contributed by atoms with Gasteiger partial charge in [0.15, 0.2) is 0 Å². The second-order valence-corrected chi connectivity index (χ2v) is 5.81. The quantitative estimate of drug-likeness (QED) is 0.498. The van der Waals surface area contributed by atoms with E-state index < -0.39 is 7.82 Å². The van der Waals surface area contributed by atoms with E-state index in [0.29, 0.717) is 5.75 Å². The average molecular weight is 302 g/mol. The number of benzene rings is 1. The maximum Gasteiger partial charge on any atom is 0.472 e. The molecule has 0 saturated carbocycles. The molecule has 6 heteroatoms. The van der Waals surface area contributed by atoms with Gasteiger partial charge in [-0.2, -0.15) is 0 Å². The van der Waals surface area contributed by atoms with Crippen molar-refractivity contribution in [3.05, 3.63) is 30.3 Å². The monoisotopic (exact) mass is 302 g/mol. The van der Waals surface area contributed by atoms with Gasteiger partial charge in [-0.05, 0) is 18.6 Å². The fraction of sp³-hybridized carbons (Fsp3) is 0.571. The molecule has 0 aliphatic rings. The number of hydrogen-bond donors (Lipinski definition) is 1. The molecule has 0 amide bonds. The van der Waals surface area contributed by atoms with Gasteiger partial charge in [-0.15, -0.1) is 0 Å². The van der Waals surface area contributed by atoms with Gasteiger partial charge in [-0.1, -0.05) is 44.4 Å². The Morgan fingerprint density at radius 3 is 2.40 bits per heavy atom. The summed E-state index contributed by atoms with van der Waals surface area (Å²) in [5.74, 6) is 0.698. The van der Waals surface area contributed by atoms with Crippen molar-refractivity contribution in [2.24, 2.45) is 0 Å². The molecule has 0 fully saturated rings. The zero-order valence-corrected chi connectivity index (χ0v) is 12.8. The number of unbranched alkanes of at least 4 members (excludes halogenated alkanes) is 3. The van der Waals surface area contributed by atoms with E-state index in [9.17, 15) is 9.46 Å². The molecule has 114 valence electrons. The molecule has 0 radical (unpaired) electrons. The molecule has 5 nitrogen and oxygen atoms in total. The number of phosphoric acid groups is 1. The minimum Gasteiger partial charge on any atom is -0.491 e. The number of phosphoric ester groups is 1. The molecule has 0 aliphatic carbocycles. The Kier molecular flexibility index (Phi) is 8.54. The first kappa shape index (κ1) is 17.2. The third kappa shape index (κ3) is 8.33. The number of rotatable bonds is 11. The zero-order valence-electron chi connectivity index (χ0n) is 11.9. The minimum atomic E-state index is -3.94. The smallest absolute Gasteiger partial charge is 0.472 e. The van der Waals surface area contributed by atoms with Crippen LogP contribution in [-0.2, 0) is 13.6 Å². The van der Waals surface area contributed by atoms with Gasteiger partial charge in [-0.3, -0.25) is 9.05 Å². The van der Waals surface area contributed by atoms with Gasteiger partial charge in [-0.25, -0.2) is 4.57 Å². The summed E-state index contributed by atoms with van der Waals surface area (Å²) in [5.41, 5.74) is 0. The molecule has 0 aliphatic heterocycles. The molecule has 1 N–H and O–H groups in total. The number of para-hydroxylation sites is 1. The minimum absolute atomic E-state index is 0.0115. The average Bonchev–Trinajstić information content (AvgIpc) is 2.44. The third-order valence-corrected chi connectivity index (χ3v) is 3.62. The van der Waals surface area contributed by atoms with E-state index in [1.54, 1.807) is 0 Å². The molecule has 0 heterocycles. The molecule has 1 unspecified atom stereocenters. The summed E-state index contributed by atoms with van der Waals surface area (Å²) in [4.78, 5) is 9.42. The van der Waals surface area contributed by atoms with Crippen molar-refractivity contribution >= 4 is 7.82 Å². The lowest BCUT2D eigenvalue weighted by atomic mass is 10.2.